The van der Waals surface area contributed by atoms with Crippen LogP contribution in [0.1, 0.15) is 55.6 Å². The van der Waals surface area contributed by atoms with E-state index in [-0.39, 0.29) is 0 Å². The number of para-hydroxylation sites is 1. The van der Waals surface area contributed by atoms with Gasteiger partial charge in [0.25, 0.3) is 0 Å². The van der Waals surface area contributed by atoms with Crippen LogP contribution < -0.4 is 4.90 Å². The molecule has 0 fully saturated rings. The topological polar surface area (TPSA) is 3.24 Å². The van der Waals surface area contributed by atoms with Gasteiger partial charge in [0.15, 0.2) is 0 Å². The van der Waals surface area contributed by atoms with E-state index in [9.17, 15) is 0 Å². The lowest BCUT2D eigenvalue weighted by Gasteiger charge is -2.36. The number of benzene rings is 10. The third-order valence-electron chi connectivity index (χ3n) is 14.2. The van der Waals surface area contributed by atoms with Crippen LogP contribution >= 0.6 is 0 Å². The molecule has 1 nitrogen and oxygen atoms in total. The normalized spacial score (nSPS) is 13.6. The summed E-state index contributed by atoms with van der Waals surface area (Å²) in [6.07, 6.45) is 0. The molecule has 10 aromatic carbocycles. The Balaban J connectivity index is 1.19. The Labute approximate surface area is 382 Å². The largest absolute Gasteiger partial charge is 0.309 e. The van der Waals surface area contributed by atoms with E-state index in [0.717, 1.165) is 17.1 Å². The van der Waals surface area contributed by atoms with Gasteiger partial charge in [-0.05, 0) is 105 Å². The zero-order valence-electron chi connectivity index (χ0n) is 36.6. The molecule has 0 spiro atoms. The van der Waals surface area contributed by atoms with Crippen LogP contribution in [0.25, 0.3) is 33.4 Å². The average Bonchev–Trinajstić information content (AvgIpc) is 3.84. The fourth-order valence-corrected chi connectivity index (χ4v) is 11.4. The van der Waals surface area contributed by atoms with Gasteiger partial charge in [0.05, 0.1) is 22.2 Å². The minimum absolute atomic E-state index is 0.549. The van der Waals surface area contributed by atoms with Gasteiger partial charge in [0.2, 0.25) is 0 Å². The van der Waals surface area contributed by atoms with Crippen LogP contribution in [0, 0.1) is 13.8 Å². The lowest BCUT2D eigenvalue weighted by molar-refractivity contribution is 0.767. The van der Waals surface area contributed by atoms with Crippen LogP contribution in [0.4, 0.5) is 17.1 Å². The molecule has 12 rings (SSSR count). The quantitative estimate of drug-likeness (QED) is 0.147. The van der Waals surface area contributed by atoms with Crippen LogP contribution in [0.5, 0.6) is 0 Å². The summed E-state index contributed by atoms with van der Waals surface area (Å²) in [7, 11) is 0. The highest BCUT2D eigenvalue weighted by atomic mass is 15.1. The maximum absolute atomic E-state index is 2.56. The zero-order valence-corrected chi connectivity index (χ0v) is 36.6. The molecule has 308 valence electrons. The van der Waals surface area contributed by atoms with E-state index in [0.29, 0.717) is 0 Å². The molecule has 0 bridgehead atoms. The molecule has 10 aromatic rings. The zero-order chi connectivity index (χ0) is 43.5. The first-order valence-corrected chi connectivity index (χ1v) is 22.8. The van der Waals surface area contributed by atoms with Crippen molar-refractivity contribution in [3.8, 4) is 33.4 Å². The van der Waals surface area contributed by atoms with Gasteiger partial charge in [-0.15, -0.1) is 0 Å². The van der Waals surface area contributed by atoms with Crippen LogP contribution in [0.15, 0.2) is 249 Å². The minimum Gasteiger partial charge on any atom is -0.309 e. The predicted molar refractivity (Wildman–Crippen MR) is 271 cm³/mol. The highest BCUT2D eigenvalue weighted by Gasteiger charge is 2.49. The Kier molecular flexibility index (Phi) is 9.14. The van der Waals surface area contributed by atoms with Crippen LogP contribution in [0.3, 0.4) is 0 Å². The molecule has 1 heteroatoms. The summed E-state index contributed by atoms with van der Waals surface area (Å²) in [6.45, 7) is 4.36. The SMILES string of the molecule is Cc1ccc(C2(c3ccc(C)cc3)c3ccccc3-c3c(N(c4ccc5c(c4)C(c4ccccc4)(c4ccccc4)c4ccccc4-5)c4ccccc4-c4ccccc4)cccc32)cc1. The summed E-state index contributed by atoms with van der Waals surface area (Å²) in [6, 6.07) is 93.0. The van der Waals surface area contributed by atoms with Gasteiger partial charge in [-0.3, -0.25) is 0 Å². The summed E-state index contributed by atoms with van der Waals surface area (Å²) in [5, 5.41) is 0. The summed E-state index contributed by atoms with van der Waals surface area (Å²) in [5.41, 5.74) is 22.3. The molecule has 0 N–H and O–H groups in total. The van der Waals surface area contributed by atoms with Gasteiger partial charge in [0.1, 0.15) is 0 Å². The van der Waals surface area contributed by atoms with Gasteiger partial charge >= 0.3 is 0 Å². The minimum atomic E-state index is -0.552. The maximum atomic E-state index is 2.56. The molecule has 0 aliphatic heterocycles. The summed E-state index contributed by atoms with van der Waals surface area (Å²) in [5.74, 6) is 0. The smallest absolute Gasteiger partial charge is 0.0714 e. The number of hydrogen-bond acceptors (Lipinski definition) is 1. The first-order chi connectivity index (χ1) is 32.1. The molecular formula is C64H47N. The number of nitrogens with zero attached hydrogens (tertiary/aromatic N) is 1. The van der Waals surface area contributed by atoms with Crippen LogP contribution in [-0.4, -0.2) is 0 Å². The van der Waals surface area contributed by atoms with Crippen molar-refractivity contribution < 1.29 is 0 Å². The first kappa shape index (κ1) is 38.7. The second-order valence-electron chi connectivity index (χ2n) is 17.7. The Hall–Kier alpha value is -8.00. The standard InChI is InChI=1S/C64H47N/c1-44-33-37-49(38-34-44)63(50-39-35-45(2)36-40-50)57-29-16-13-27-55(57)62-58(63)30-18-32-61(62)65(60-31-17-14-25-52(60)46-19-6-3-7-20-46)51-41-42-54-53-26-12-15-28-56(53)64(59(54)43-51,47-21-8-4-9-22-47)48-23-10-5-11-24-48/h3-43H,1-2H3. The van der Waals surface area contributed by atoms with Crippen molar-refractivity contribution in [2.24, 2.45) is 0 Å². The number of rotatable bonds is 8. The molecular weight excluding hydrogens is 783 g/mol. The monoisotopic (exact) mass is 829 g/mol. The molecule has 0 saturated heterocycles. The van der Waals surface area contributed by atoms with Gasteiger partial charge in [-0.2, -0.15) is 0 Å². The fourth-order valence-electron chi connectivity index (χ4n) is 11.4. The molecule has 0 heterocycles. The number of hydrogen-bond donors (Lipinski definition) is 0. The fraction of sp³-hybridized carbons (Fsp3) is 0.0625. The number of fused-ring (bicyclic) bond motifs is 6. The van der Waals surface area contributed by atoms with E-state index < -0.39 is 10.8 Å². The molecule has 0 aromatic heterocycles. The van der Waals surface area contributed by atoms with Crippen molar-refractivity contribution in [3.63, 3.8) is 0 Å². The summed E-state index contributed by atoms with van der Waals surface area (Å²) >= 11 is 0. The van der Waals surface area contributed by atoms with Crippen molar-refractivity contribution >= 4 is 17.1 Å². The van der Waals surface area contributed by atoms with Gasteiger partial charge < -0.3 is 4.90 Å². The molecule has 0 saturated carbocycles. The van der Waals surface area contributed by atoms with Gasteiger partial charge in [-0.25, -0.2) is 0 Å². The van der Waals surface area contributed by atoms with Crippen molar-refractivity contribution in [3.05, 3.63) is 304 Å². The highest BCUT2D eigenvalue weighted by Crippen LogP contribution is 2.61. The third-order valence-corrected chi connectivity index (χ3v) is 14.2. The van der Waals surface area contributed by atoms with E-state index >= 15 is 0 Å². The van der Waals surface area contributed by atoms with Crippen molar-refractivity contribution in [2.45, 2.75) is 24.7 Å². The molecule has 0 amide bonds. The average molecular weight is 830 g/mol. The highest BCUT2D eigenvalue weighted by molar-refractivity contribution is 6.00. The van der Waals surface area contributed by atoms with E-state index in [1.54, 1.807) is 0 Å². The number of anilines is 3. The van der Waals surface area contributed by atoms with Gasteiger partial charge in [0, 0.05) is 16.8 Å². The summed E-state index contributed by atoms with van der Waals surface area (Å²) in [4.78, 5) is 2.56. The van der Waals surface area contributed by atoms with E-state index in [1.807, 2.05) is 0 Å². The van der Waals surface area contributed by atoms with Crippen molar-refractivity contribution in [1.29, 1.82) is 0 Å². The summed E-state index contributed by atoms with van der Waals surface area (Å²) < 4.78 is 0. The van der Waals surface area contributed by atoms with Gasteiger partial charge in [-0.1, -0.05) is 236 Å². The van der Waals surface area contributed by atoms with Crippen LogP contribution in [-0.2, 0) is 10.8 Å². The van der Waals surface area contributed by atoms with Crippen molar-refractivity contribution in [2.75, 3.05) is 4.90 Å². The van der Waals surface area contributed by atoms with Crippen LogP contribution in [0.2, 0.25) is 0 Å². The molecule has 2 aliphatic carbocycles. The third kappa shape index (κ3) is 5.79. The molecule has 2 aliphatic rings. The maximum Gasteiger partial charge on any atom is 0.0714 e. The lowest BCUT2D eigenvalue weighted by atomic mass is 9.67. The Morgan fingerprint density at radius 1 is 0.292 bits per heavy atom. The number of aryl methyl sites for hydroxylation is 2. The second kappa shape index (κ2) is 15.4. The van der Waals surface area contributed by atoms with E-state index in [4.69, 9.17) is 0 Å². The molecule has 0 radical (unpaired) electrons. The Morgan fingerprint density at radius 2 is 0.723 bits per heavy atom. The second-order valence-corrected chi connectivity index (χ2v) is 17.7. The Morgan fingerprint density at radius 3 is 1.34 bits per heavy atom. The Bertz CT molecular complexity index is 3280. The molecule has 0 unspecified atom stereocenters. The predicted octanol–water partition coefficient (Wildman–Crippen LogP) is 16.2. The molecule has 0 atom stereocenters. The van der Waals surface area contributed by atoms with E-state index in [1.165, 1.54) is 89.0 Å². The van der Waals surface area contributed by atoms with E-state index in [2.05, 4.69) is 267 Å². The molecule has 65 heavy (non-hydrogen) atoms. The van der Waals surface area contributed by atoms with Crippen molar-refractivity contribution in [1.82, 2.24) is 0 Å². The first-order valence-electron chi connectivity index (χ1n) is 22.8. The lowest BCUT2D eigenvalue weighted by Crippen LogP contribution is -2.29.